The first kappa shape index (κ1) is 26.0. The third kappa shape index (κ3) is 4.63. The molecule has 5 rings (SSSR count). The second kappa shape index (κ2) is 10.7. The standard InChI is InChI=1S/C29H36N2O5S/c1-28-14-7-2-3-10-19-36-27(35)23(28)22-25(33)31(17-8-9-18-32)24-26(34)30(16-11-15-29(22,24)37-28)20-21-12-5-4-6-13-21/h4-7,11-15,22-24,32H,2-3,8-10,16-20H2,1H3/b14-7-/t22-,23-,24?,28+,29-/m0/s1. The van der Waals surface area contributed by atoms with Crippen LogP contribution < -0.4 is 0 Å². The number of hydrogen-bond donors (Lipinski definition) is 1. The van der Waals surface area contributed by atoms with Crippen molar-refractivity contribution < 1.29 is 24.2 Å². The summed E-state index contributed by atoms with van der Waals surface area (Å²) >= 11 is 1.58. The molecule has 1 N–H and O–H groups in total. The highest BCUT2D eigenvalue weighted by Crippen LogP contribution is 2.65. The van der Waals surface area contributed by atoms with Gasteiger partial charge in [-0.15, -0.1) is 11.8 Å². The maximum atomic E-state index is 14.3. The molecule has 0 aromatic heterocycles. The summed E-state index contributed by atoms with van der Waals surface area (Å²) < 4.78 is 4.18. The lowest BCUT2D eigenvalue weighted by Gasteiger charge is -2.37. The number of esters is 1. The molecule has 1 spiro atoms. The molecule has 1 aromatic rings. The summed E-state index contributed by atoms with van der Waals surface area (Å²) in [4.78, 5) is 45.5. The Labute approximate surface area is 222 Å². The lowest BCUT2D eigenvalue weighted by atomic mass is 9.74. The smallest absolute Gasteiger partial charge is 0.311 e. The monoisotopic (exact) mass is 524 g/mol. The van der Waals surface area contributed by atoms with Gasteiger partial charge >= 0.3 is 5.97 Å². The van der Waals surface area contributed by atoms with Crippen LogP contribution in [0.3, 0.4) is 0 Å². The molecule has 0 aliphatic carbocycles. The number of hydrogen-bond acceptors (Lipinski definition) is 6. The van der Waals surface area contributed by atoms with Crippen LogP contribution in [0.2, 0.25) is 0 Å². The molecule has 5 atom stereocenters. The van der Waals surface area contributed by atoms with Gasteiger partial charge in [0.25, 0.3) is 0 Å². The summed E-state index contributed by atoms with van der Waals surface area (Å²) in [7, 11) is 0. The summed E-state index contributed by atoms with van der Waals surface area (Å²) in [5.74, 6) is -1.96. The number of cyclic esters (lactones) is 1. The van der Waals surface area contributed by atoms with Crippen molar-refractivity contribution >= 4 is 29.5 Å². The molecule has 37 heavy (non-hydrogen) atoms. The average Bonchev–Trinajstić information content (AvgIpc) is 3.21. The van der Waals surface area contributed by atoms with Gasteiger partial charge in [0, 0.05) is 31.0 Å². The molecule has 0 radical (unpaired) electrons. The van der Waals surface area contributed by atoms with Crippen molar-refractivity contribution in [2.45, 2.75) is 61.1 Å². The van der Waals surface area contributed by atoms with E-state index in [4.69, 9.17) is 4.74 Å². The summed E-state index contributed by atoms with van der Waals surface area (Å²) in [5.41, 5.74) is 1.03. The Kier molecular flexibility index (Phi) is 7.50. The normalized spacial score (nSPS) is 34.4. The Hall–Kier alpha value is -2.58. The van der Waals surface area contributed by atoms with E-state index >= 15 is 0 Å². The molecule has 1 aromatic carbocycles. The Morgan fingerprint density at radius 2 is 1.84 bits per heavy atom. The fourth-order valence-electron chi connectivity index (χ4n) is 6.42. The van der Waals surface area contributed by atoms with Crippen LogP contribution in [0.15, 0.2) is 54.6 Å². The van der Waals surface area contributed by atoms with Gasteiger partial charge in [0.1, 0.15) is 6.04 Å². The number of ether oxygens (including phenoxy) is 1. The number of amides is 2. The third-order valence-corrected chi connectivity index (χ3v) is 9.90. The molecule has 7 nitrogen and oxygen atoms in total. The number of thioether (sulfide) groups is 1. The van der Waals surface area contributed by atoms with Crippen molar-refractivity contribution in [2.24, 2.45) is 11.8 Å². The molecule has 4 aliphatic rings. The van der Waals surface area contributed by atoms with Crippen LogP contribution in [-0.2, 0) is 25.7 Å². The minimum atomic E-state index is -0.865. The molecule has 0 bridgehead atoms. The number of unbranched alkanes of at least 4 members (excludes halogenated alkanes) is 1. The fraction of sp³-hybridized carbons (Fsp3) is 0.552. The zero-order valence-electron chi connectivity index (χ0n) is 21.4. The molecule has 4 heterocycles. The molecule has 2 amide bonds. The van der Waals surface area contributed by atoms with Crippen molar-refractivity contribution in [3.8, 4) is 0 Å². The van der Waals surface area contributed by atoms with Gasteiger partial charge in [-0.2, -0.15) is 0 Å². The van der Waals surface area contributed by atoms with Gasteiger partial charge in [-0.3, -0.25) is 14.4 Å². The minimum Gasteiger partial charge on any atom is -0.465 e. The predicted molar refractivity (Wildman–Crippen MR) is 142 cm³/mol. The first-order chi connectivity index (χ1) is 17.9. The van der Waals surface area contributed by atoms with E-state index < -0.39 is 27.4 Å². The summed E-state index contributed by atoms with van der Waals surface area (Å²) in [6, 6.07) is 9.15. The summed E-state index contributed by atoms with van der Waals surface area (Å²) in [5, 5.41) is 9.37. The van der Waals surface area contributed by atoms with E-state index in [9.17, 15) is 19.5 Å². The topological polar surface area (TPSA) is 87.1 Å². The summed E-state index contributed by atoms with van der Waals surface area (Å²) in [6.45, 7) is 3.66. The summed E-state index contributed by atoms with van der Waals surface area (Å²) in [6.07, 6.45) is 12.0. The van der Waals surface area contributed by atoms with Crippen LogP contribution in [0.5, 0.6) is 0 Å². The molecular formula is C29H36N2O5S. The van der Waals surface area contributed by atoms with Crippen LogP contribution in [0.4, 0.5) is 0 Å². The highest BCUT2D eigenvalue weighted by molar-refractivity contribution is 8.02. The number of allylic oxidation sites excluding steroid dienone is 1. The van der Waals surface area contributed by atoms with E-state index in [0.29, 0.717) is 39.1 Å². The highest BCUT2D eigenvalue weighted by atomic mass is 32.2. The van der Waals surface area contributed by atoms with Crippen LogP contribution in [0.25, 0.3) is 0 Å². The van der Waals surface area contributed by atoms with Gasteiger partial charge in [0.2, 0.25) is 11.8 Å². The van der Waals surface area contributed by atoms with Gasteiger partial charge < -0.3 is 19.6 Å². The lowest BCUT2D eigenvalue weighted by Crippen LogP contribution is -2.53. The number of carbonyl (C=O) groups is 3. The quantitative estimate of drug-likeness (QED) is 0.349. The second-order valence-electron chi connectivity index (χ2n) is 10.6. The van der Waals surface area contributed by atoms with E-state index in [1.807, 2.05) is 54.3 Å². The molecule has 2 fully saturated rings. The molecule has 8 heteroatoms. The van der Waals surface area contributed by atoms with E-state index in [2.05, 4.69) is 12.2 Å². The predicted octanol–water partition coefficient (Wildman–Crippen LogP) is 3.33. The Bertz CT molecular complexity index is 1090. The third-order valence-electron chi connectivity index (χ3n) is 8.11. The maximum Gasteiger partial charge on any atom is 0.311 e. The van der Waals surface area contributed by atoms with Gasteiger partial charge in [-0.25, -0.2) is 0 Å². The lowest BCUT2D eigenvalue weighted by molar-refractivity contribution is -0.154. The molecular weight excluding hydrogens is 488 g/mol. The zero-order chi connectivity index (χ0) is 26.0. The number of carbonyl (C=O) groups excluding carboxylic acids is 3. The van der Waals surface area contributed by atoms with Gasteiger partial charge in [0.05, 0.1) is 23.2 Å². The largest absolute Gasteiger partial charge is 0.465 e. The number of aliphatic hydroxyl groups is 1. The van der Waals surface area contributed by atoms with Crippen LogP contribution in [0.1, 0.15) is 44.6 Å². The first-order valence-electron chi connectivity index (χ1n) is 13.4. The molecule has 2 saturated heterocycles. The number of nitrogens with zero attached hydrogens (tertiary/aromatic N) is 2. The van der Waals surface area contributed by atoms with Crippen molar-refractivity contribution in [1.82, 2.24) is 9.80 Å². The van der Waals surface area contributed by atoms with E-state index in [0.717, 1.165) is 24.8 Å². The molecule has 4 aliphatic heterocycles. The van der Waals surface area contributed by atoms with Crippen molar-refractivity contribution in [3.05, 3.63) is 60.2 Å². The van der Waals surface area contributed by atoms with Crippen LogP contribution >= 0.6 is 11.8 Å². The Morgan fingerprint density at radius 1 is 1.03 bits per heavy atom. The fourth-order valence-corrected chi connectivity index (χ4v) is 8.58. The van der Waals surface area contributed by atoms with E-state index in [-0.39, 0.29) is 24.4 Å². The van der Waals surface area contributed by atoms with Gasteiger partial charge in [-0.1, -0.05) is 54.6 Å². The van der Waals surface area contributed by atoms with E-state index in [1.165, 1.54) is 0 Å². The maximum absolute atomic E-state index is 14.3. The molecule has 0 saturated carbocycles. The first-order valence-corrected chi connectivity index (χ1v) is 14.2. The number of fused-ring (bicyclic) bond motifs is 2. The molecule has 1 unspecified atom stereocenters. The zero-order valence-corrected chi connectivity index (χ0v) is 22.2. The number of rotatable bonds is 6. The van der Waals surface area contributed by atoms with Gasteiger partial charge in [-0.05, 0) is 44.6 Å². The van der Waals surface area contributed by atoms with Crippen LogP contribution in [0, 0.1) is 11.8 Å². The van der Waals surface area contributed by atoms with Gasteiger partial charge in [0.15, 0.2) is 0 Å². The molecule has 198 valence electrons. The highest BCUT2D eigenvalue weighted by Gasteiger charge is 2.73. The SMILES string of the molecule is C[C@@]12/C=C\CCCCOC(=O)[C@@H]1[C@H]1C(=O)N(CCCCO)C3C(=O)N(Cc4ccccc4)CC=C[C@@]31S2. The van der Waals surface area contributed by atoms with Crippen LogP contribution in [-0.4, -0.2) is 74.5 Å². The Balaban J connectivity index is 1.57. The Morgan fingerprint density at radius 3 is 2.62 bits per heavy atom. The number of likely N-dealkylation sites (tertiary alicyclic amines) is 1. The number of aliphatic hydroxyl groups excluding tert-OH is 1. The average molecular weight is 525 g/mol. The van der Waals surface area contributed by atoms with E-state index in [1.54, 1.807) is 16.7 Å². The van der Waals surface area contributed by atoms with Crippen molar-refractivity contribution in [2.75, 3.05) is 26.3 Å². The number of benzene rings is 1. The second-order valence-corrected chi connectivity index (χ2v) is 12.4. The van der Waals surface area contributed by atoms with Crippen molar-refractivity contribution in [1.29, 1.82) is 0 Å². The minimum absolute atomic E-state index is 0.0296. The van der Waals surface area contributed by atoms with Crippen molar-refractivity contribution in [3.63, 3.8) is 0 Å².